The van der Waals surface area contributed by atoms with E-state index in [1.807, 2.05) is 0 Å². The molecule has 0 atom stereocenters. The number of carbonyl (C=O) groups is 2. The summed E-state index contributed by atoms with van der Waals surface area (Å²) in [7, 11) is 0. The van der Waals surface area contributed by atoms with Crippen molar-refractivity contribution in [2.45, 2.75) is 194 Å². The summed E-state index contributed by atoms with van der Waals surface area (Å²) < 4.78 is 11.8. The van der Waals surface area contributed by atoms with E-state index in [2.05, 4.69) is 13.8 Å². The molecule has 1 aromatic rings. The monoisotopic (exact) mass is 615 g/mol. The molecule has 0 radical (unpaired) electrons. The SMILES string of the molecule is CCCCCCCCCCCCCCCCOc1cc(C=O)c(OCCCCCCCCCCCCCCCC)cc1C=O. The molecule has 0 spiro atoms. The van der Waals surface area contributed by atoms with E-state index in [1.165, 1.54) is 154 Å². The second kappa shape index (κ2) is 31.2. The van der Waals surface area contributed by atoms with Gasteiger partial charge in [0, 0.05) is 0 Å². The summed E-state index contributed by atoms with van der Waals surface area (Å²) in [6.45, 7) is 5.68. The second-order valence-electron chi connectivity index (χ2n) is 13.1. The Balaban J connectivity index is 2.10. The van der Waals surface area contributed by atoms with Gasteiger partial charge in [0.1, 0.15) is 11.5 Å². The van der Waals surface area contributed by atoms with Gasteiger partial charge in [-0.2, -0.15) is 0 Å². The maximum Gasteiger partial charge on any atom is 0.153 e. The fraction of sp³-hybridized carbons (Fsp3) is 0.800. The van der Waals surface area contributed by atoms with Crippen molar-refractivity contribution in [2.75, 3.05) is 13.2 Å². The van der Waals surface area contributed by atoms with Gasteiger partial charge in [-0.1, -0.05) is 181 Å². The van der Waals surface area contributed by atoms with Crippen molar-refractivity contribution >= 4 is 12.6 Å². The van der Waals surface area contributed by atoms with Crippen LogP contribution in [-0.4, -0.2) is 25.8 Å². The lowest BCUT2D eigenvalue weighted by Crippen LogP contribution is -2.04. The first-order valence-electron chi connectivity index (χ1n) is 19.1. The molecule has 0 aromatic heterocycles. The summed E-state index contributed by atoms with van der Waals surface area (Å²) in [5, 5.41) is 0. The largest absolute Gasteiger partial charge is 0.493 e. The highest BCUT2D eigenvalue weighted by molar-refractivity contribution is 5.87. The van der Waals surface area contributed by atoms with E-state index in [0.717, 1.165) is 38.3 Å². The third-order valence-corrected chi connectivity index (χ3v) is 8.91. The van der Waals surface area contributed by atoms with Crippen LogP contribution in [0.15, 0.2) is 12.1 Å². The minimum absolute atomic E-state index is 0.455. The first-order chi connectivity index (χ1) is 21.8. The molecule has 0 aliphatic heterocycles. The first-order valence-corrected chi connectivity index (χ1v) is 19.1. The molecule has 44 heavy (non-hydrogen) atoms. The molecule has 1 rings (SSSR count). The highest BCUT2D eigenvalue weighted by Gasteiger charge is 2.12. The highest BCUT2D eigenvalue weighted by Crippen LogP contribution is 2.28. The van der Waals surface area contributed by atoms with E-state index in [-0.39, 0.29) is 0 Å². The summed E-state index contributed by atoms with van der Waals surface area (Å²) >= 11 is 0. The van der Waals surface area contributed by atoms with Gasteiger partial charge in [0.15, 0.2) is 12.6 Å². The van der Waals surface area contributed by atoms with Gasteiger partial charge in [-0.25, -0.2) is 0 Å². The highest BCUT2D eigenvalue weighted by atomic mass is 16.5. The van der Waals surface area contributed by atoms with Gasteiger partial charge < -0.3 is 9.47 Å². The molecule has 1 aromatic carbocycles. The smallest absolute Gasteiger partial charge is 0.153 e. The molecule has 0 fully saturated rings. The number of rotatable bonds is 34. The summed E-state index contributed by atoms with van der Waals surface area (Å²) in [4.78, 5) is 23.5. The normalized spacial score (nSPS) is 11.1. The van der Waals surface area contributed by atoms with Crippen LogP contribution in [0.3, 0.4) is 0 Å². The molecular weight excluding hydrogens is 544 g/mol. The van der Waals surface area contributed by atoms with E-state index in [9.17, 15) is 9.59 Å². The summed E-state index contributed by atoms with van der Waals surface area (Å²) in [6, 6.07) is 3.34. The van der Waals surface area contributed by atoms with Crippen LogP contribution < -0.4 is 9.47 Å². The lowest BCUT2D eigenvalue weighted by atomic mass is 10.0. The molecule has 0 N–H and O–H groups in total. The molecule has 0 aliphatic rings. The minimum Gasteiger partial charge on any atom is -0.493 e. The first kappa shape index (κ1) is 40.2. The van der Waals surface area contributed by atoms with Gasteiger partial charge in [-0.05, 0) is 25.0 Å². The number of carbonyl (C=O) groups excluding carboxylic acids is 2. The second-order valence-corrected chi connectivity index (χ2v) is 13.1. The van der Waals surface area contributed by atoms with Gasteiger partial charge in [0.25, 0.3) is 0 Å². The lowest BCUT2D eigenvalue weighted by molar-refractivity contribution is 0.110. The number of ether oxygens (including phenoxy) is 2. The van der Waals surface area contributed by atoms with Crippen molar-refractivity contribution in [2.24, 2.45) is 0 Å². The van der Waals surface area contributed by atoms with Crippen LogP contribution in [0, 0.1) is 0 Å². The van der Waals surface area contributed by atoms with Crippen molar-refractivity contribution in [1.29, 1.82) is 0 Å². The molecule has 0 amide bonds. The van der Waals surface area contributed by atoms with Crippen LogP contribution in [0.4, 0.5) is 0 Å². The van der Waals surface area contributed by atoms with Gasteiger partial charge >= 0.3 is 0 Å². The molecule has 254 valence electrons. The molecule has 0 saturated carbocycles. The number of hydrogen-bond acceptors (Lipinski definition) is 4. The average molecular weight is 615 g/mol. The van der Waals surface area contributed by atoms with Crippen LogP contribution >= 0.6 is 0 Å². The number of aldehydes is 2. The average Bonchev–Trinajstić information content (AvgIpc) is 3.04. The fourth-order valence-corrected chi connectivity index (χ4v) is 5.98. The Morgan fingerprint density at radius 2 is 0.614 bits per heavy atom. The lowest BCUT2D eigenvalue weighted by Gasteiger charge is -2.13. The van der Waals surface area contributed by atoms with Crippen LogP contribution in [0.2, 0.25) is 0 Å². The number of hydrogen-bond donors (Lipinski definition) is 0. The predicted molar refractivity (Wildman–Crippen MR) is 189 cm³/mol. The topological polar surface area (TPSA) is 52.6 Å². The van der Waals surface area contributed by atoms with Crippen molar-refractivity contribution in [1.82, 2.24) is 0 Å². The number of benzene rings is 1. The van der Waals surface area contributed by atoms with Crippen molar-refractivity contribution in [3.05, 3.63) is 23.3 Å². The maximum atomic E-state index is 11.7. The molecule has 0 saturated heterocycles. The molecule has 0 heterocycles. The predicted octanol–water partition coefficient (Wildman–Crippen LogP) is 13.0. The van der Waals surface area contributed by atoms with Crippen molar-refractivity contribution in [3.8, 4) is 11.5 Å². The Hall–Kier alpha value is -1.84. The van der Waals surface area contributed by atoms with E-state index >= 15 is 0 Å². The van der Waals surface area contributed by atoms with Gasteiger partial charge in [-0.3, -0.25) is 9.59 Å². The van der Waals surface area contributed by atoms with Gasteiger partial charge in [0.05, 0.1) is 24.3 Å². The van der Waals surface area contributed by atoms with Crippen molar-refractivity contribution in [3.63, 3.8) is 0 Å². The summed E-state index contributed by atoms with van der Waals surface area (Å²) in [5.41, 5.74) is 0.911. The molecule has 4 heteroatoms. The Labute approximate surface area is 272 Å². The van der Waals surface area contributed by atoms with Crippen LogP contribution in [0.1, 0.15) is 214 Å². The molecule has 4 nitrogen and oxygen atoms in total. The van der Waals surface area contributed by atoms with Crippen LogP contribution in [-0.2, 0) is 0 Å². The van der Waals surface area contributed by atoms with E-state index < -0.39 is 0 Å². The molecule has 0 unspecified atom stereocenters. The van der Waals surface area contributed by atoms with Crippen LogP contribution in [0.25, 0.3) is 0 Å². The standard InChI is InChI=1S/C40H70O4/c1-3-5-7-9-11-13-15-17-19-21-23-25-27-29-31-43-39-33-38(36-42)40(34-37(39)35-41)44-32-30-28-26-24-22-20-18-16-14-12-10-8-6-4-2/h33-36H,3-32H2,1-2H3. The summed E-state index contributed by atoms with van der Waals surface area (Å²) in [5.74, 6) is 0.973. The molecule has 0 aliphatic carbocycles. The van der Waals surface area contributed by atoms with Crippen molar-refractivity contribution < 1.29 is 19.1 Å². The minimum atomic E-state index is 0.455. The van der Waals surface area contributed by atoms with Gasteiger partial charge in [-0.15, -0.1) is 0 Å². The fourth-order valence-electron chi connectivity index (χ4n) is 5.98. The van der Waals surface area contributed by atoms with Crippen LogP contribution in [0.5, 0.6) is 11.5 Å². The molecular formula is C40H70O4. The Bertz CT molecular complexity index is 724. The van der Waals surface area contributed by atoms with E-state index in [1.54, 1.807) is 12.1 Å². The Morgan fingerprint density at radius 3 is 0.841 bits per heavy atom. The third kappa shape index (κ3) is 22.6. The zero-order valence-corrected chi connectivity index (χ0v) is 29.2. The Kier molecular flexibility index (Phi) is 28.5. The summed E-state index contributed by atoms with van der Waals surface area (Å²) in [6.07, 6.45) is 38.5. The quantitative estimate of drug-likeness (QED) is 0.0572. The van der Waals surface area contributed by atoms with Gasteiger partial charge in [0.2, 0.25) is 0 Å². The van der Waals surface area contributed by atoms with E-state index in [0.29, 0.717) is 35.8 Å². The number of unbranched alkanes of at least 4 members (excludes halogenated alkanes) is 26. The maximum absolute atomic E-state index is 11.7. The van der Waals surface area contributed by atoms with E-state index in [4.69, 9.17) is 9.47 Å². The zero-order valence-electron chi connectivity index (χ0n) is 29.2. The zero-order chi connectivity index (χ0) is 31.8. The molecule has 0 bridgehead atoms. The Morgan fingerprint density at radius 1 is 0.386 bits per heavy atom. The third-order valence-electron chi connectivity index (χ3n) is 8.91.